The van der Waals surface area contributed by atoms with Crippen molar-refractivity contribution in [2.75, 3.05) is 0 Å². The first-order chi connectivity index (χ1) is 4.96. The van der Waals surface area contributed by atoms with Crippen LogP contribution in [-0.2, 0) is 14.3 Å². The van der Waals surface area contributed by atoms with Crippen molar-refractivity contribution in [2.45, 2.75) is 31.9 Å². The number of alkyl halides is 3. The molecular weight excluding hydrogens is 211 g/mol. The Morgan fingerprint density at radius 3 is 1.46 bits per heavy atom. The summed E-state index contributed by atoms with van der Waals surface area (Å²) >= 11 is 0. The van der Waals surface area contributed by atoms with E-state index in [4.69, 9.17) is 0 Å². The van der Waals surface area contributed by atoms with Crippen molar-refractivity contribution in [2.24, 2.45) is 0 Å². The van der Waals surface area contributed by atoms with E-state index in [1.54, 1.807) is 0 Å². The molecular formula is C5H12F3NO3S. The molecule has 0 heterocycles. The van der Waals surface area contributed by atoms with Crippen LogP contribution in [0.1, 0.15) is 20.8 Å². The molecule has 0 fully saturated rings. The zero-order chi connectivity index (χ0) is 10.2. The van der Waals surface area contributed by atoms with Gasteiger partial charge in [0.2, 0.25) is 0 Å². The molecule has 0 unspecified atom stereocenters. The minimum atomic E-state index is -5.46. The molecule has 0 aromatic rings. The van der Waals surface area contributed by atoms with Crippen LogP contribution in [0.4, 0.5) is 13.2 Å². The molecule has 0 bridgehead atoms. The van der Waals surface area contributed by atoms with Gasteiger partial charge < -0.3 is 6.15 Å². The van der Waals surface area contributed by atoms with Crippen LogP contribution in [0.25, 0.3) is 0 Å². The first-order valence-corrected chi connectivity index (χ1v) is 4.38. The highest BCUT2D eigenvalue weighted by Gasteiger charge is 2.49. The first kappa shape index (κ1) is 15.1. The second kappa shape index (κ2) is 3.81. The molecule has 0 radical (unpaired) electrons. The van der Waals surface area contributed by atoms with E-state index in [0.717, 1.165) is 0 Å². The molecule has 0 aliphatic rings. The lowest BCUT2D eigenvalue weighted by Gasteiger charge is -2.19. The molecule has 0 spiro atoms. The predicted octanol–water partition coefficient (Wildman–Crippen LogP) is 1.81. The van der Waals surface area contributed by atoms with Crippen molar-refractivity contribution >= 4 is 10.1 Å². The molecule has 4 nitrogen and oxygen atoms in total. The molecule has 0 amide bonds. The fraction of sp³-hybridized carbons (Fsp3) is 1.00. The minimum absolute atomic E-state index is 0. The number of hydrogen-bond donors (Lipinski definition) is 1. The first-order valence-electron chi connectivity index (χ1n) is 2.98. The van der Waals surface area contributed by atoms with E-state index in [1.807, 2.05) is 0 Å². The van der Waals surface area contributed by atoms with Crippen LogP contribution in [0.15, 0.2) is 0 Å². The van der Waals surface area contributed by atoms with Crippen molar-refractivity contribution in [1.29, 1.82) is 0 Å². The summed E-state index contributed by atoms with van der Waals surface area (Å²) < 4.78 is 59.4. The van der Waals surface area contributed by atoms with Gasteiger partial charge in [-0.15, -0.1) is 0 Å². The Morgan fingerprint density at radius 1 is 1.08 bits per heavy atom. The van der Waals surface area contributed by atoms with Crippen molar-refractivity contribution < 1.29 is 25.8 Å². The molecule has 0 aromatic heterocycles. The van der Waals surface area contributed by atoms with Crippen molar-refractivity contribution in [3.05, 3.63) is 0 Å². The highest BCUT2D eigenvalue weighted by molar-refractivity contribution is 7.87. The van der Waals surface area contributed by atoms with Gasteiger partial charge in [-0.05, 0) is 20.8 Å². The Balaban J connectivity index is 0. The van der Waals surface area contributed by atoms with Gasteiger partial charge in [-0.2, -0.15) is 21.6 Å². The number of rotatable bonds is 1. The molecule has 0 aliphatic carbocycles. The van der Waals surface area contributed by atoms with E-state index >= 15 is 0 Å². The van der Waals surface area contributed by atoms with Gasteiger partial charge in [0.25, 0.3) is 0 Å². The molecule has 82 valence electrons. The average Bonchev–Trinajstić information content (AvgIpc) is 1.52. The molecule has 8 heteroatoms. The Labute approximate surface area is 74.8 Å². The van der Waals surface area contributed by atoms with Crippen molar-refractivity contribution in [3.8, 4) is 0 Å². The maximum absolute atomic E-state index is 11.7. The van der Waals surface area contributed by atoms with Gasteiger partial charge in [-0.3, -0.25) is 4.18 Å². The van der Waals surface area contributed by atoms with E-state index in [0.29, 0.717) is 0 Å². The monoisotopic (exact) mass is 223 g/mol. The van der Waals surface area contributed by atoms with Crippen LogP contribution < -0.4 is 6.15 Å². The molecule has 0 saturated heterocycles. The Kier molecular flexibility index (Phi) is 4.43. The quantitative estimate of drug-likeness (QED) is 0.543. The zero-order valence-corrected chi connectivity index (χ0v) is 8.29. The molecule has 13 heavy (non-hydrogen) atoms. The maximum Gasteiger partial charge on any atom is 0.523 e. The second-order valence-electron chi connectivity index (χ2n) is 3.10. The summed E-state index contributed by atoms with van der Waals surface area (Å²) in [7, 11) is -5.46. The topological polar surface area (TPSA) is 78.4 Å². The van der Waals surface area contributed by atoms with Gasteiger partial charge in [-0.1, -0.05) is 0 Å². The Hall–Kier alpha value is -0.340. The SMILES string of the molecule is CC(C)(C)OS(=O)(=O)C(F)(F)F.N. The standard InChI is InChI=1S/C5H9F3O3S.H3N/c1-4(2,3)11-12(9,10)5(6,7)8;/h1-3H3;1H3. The molecule has 0 atom stereocenters. The van der Waals surface area contributed by atoms with Crippen LogP contribution in [0.2, 0.25) is 0 Å². The highest BCUT2D eigenvalue weighted by Crippen LogP contribution is 2.28. The second-order valence-corrected chi connectivity index (χ2v) is 4.63. The van der Waals surface area contributed by atoms with Gasteiger partial charge in [-0.25, -0.2) is 0 Å². The van der Waals surface area contributed by atoms with Crippen LogP contribution in [0.3, 0.4) is 0 Å². The summed E-state index contributed by atoms with van der Waals surface area (Å²) in [5.41, 5.74) is -6.71. The average molecular weight is 223 g/mol. The van der Waals surface area contributed by atoms with Crippen LogP contribution in [-0.4, -0.2) is 19.5 Å². The normalized spacial score (nSPS) is 13.7. The lowest BCUT2D eigenvalue weighted by Crippen LogP contribution is -2.33. The third kappa shape index (κ3) is 5.06. The van der Waals surface area contributed by atoms with Crippen LogP contribution in [0.5, 0.6) is 0 Å². The fourth-order valence-electron chi connectivity index (χ4n) is 0.376. The molecule has 0 saturated carbocycles. The molecule has 3 N–H and O–H groups in total. The summed E-state index contributed by atoms with van der Waals surface area (Å²) in [4.78, 5) is 0. The smallest absolute Gasteiger partial charge is 0.344 e. The third-order valence-corrected chi connectivity index (χ3v) is 1.93. The minimum Gasteiger partial charge on any atom is -0.344 e. The highest BCUT2D eigenvalue weighted by atomic mass is 32.2. The summed E-state index contributed by atoms with van der Waals surface area (Å²) in [5, 5.41) is 0. The van der Waals surface area contributed by atoms with E-state index in [9.17, 15) is 21.6 Å². The van der Waals surface area contributed by atoms with Gasteiger partial charge in [0, 0.05) is 0 Å². The lowest BCUT2D eigenvalue weighted by atomic mass is 10.2. The van der Waals surface area contributed by atoms with Gasteiger partial charge >= 0.3 is 15.6 Å². The fourth-order valence-corrected chi connectivity index (χ4v) is 1.13. The van der Waals surface area contributed by atoms with E-state index in [2.05, 4.69) is 4.18 Å². The number of hydrogen-bond acceptors (Lipinski definition) is 4. The summed E-state index contributed by atoms with van der Waals surface area (Å²) in [6.45, 7) is 3.66. The summed E-state index contributed by atoms with van der Waals surface area (Å²) in [5.74, 6) is 0. The van der Waals surface area contributed by atoms with E-state index < -0.39 is 21.2 Å². The third-order valence-electron chi connectivity index (χ3n) is 0.643. The van der Waals surface area contributed by atoms with Crippen LogP contribution in [0, 0.1) is 0 Å². The number of halogens is 3. The van der Waals surface area contributed by atoms with Crippen LogP contribution >= 0.6 is 0 Å². The largest absolute Gasteiger partial charge is 0.523 e. The lowest BCUT2D eigenvalue weighted by molar-refractivity contribution is -0.0612. The Bertz CT molecular complexity index is 251. The molecule has 0 aromatic carbocycles. The van der Waals surface area contributed by atoms with Gasteiger partial charge in [0.05, 0.1) is 5.60 Å². The van der Waals surface area contributed by atoms with Crippen molar-refractivity contribution in [1.82, 2.24) is 6.15 Å². The summed E-state index contributed by atoms with van der Waals surface area (Å²) in [6, 6.07) is 0. The van der Waals surface area contributed by atoms with Gasteiger partial charge in [0.15, 0.2) is 0 Å². The van der Waals surface area contributed by atoms with E-state index in [1.165, 1.54) is 20.8 Å². The molecule has 0 aliphatic heterocycles. The van der Waals surface area contributed by atoms with Crippen molar-refractivity contribution in [3.63, 3.8) is 0 Å². The maximum atomic E-state index is 11.7. The summed E-state index contributed by atoms with van der Waals surface area (Å²) in [6.07, 6.45) is 0. The predicted molar refractivity (Wildman–Crippen MR) is 40.8 cm³/mol. The zero-order valence-electron chi connectivity index (χ0n) is 7.47. The van der Waals surface area contributed by atoms with E-state index in [-0.39, 0.29) is 6.15 Å². The molecule has 0 rings (SSSR count). The Morgan fingerprint density at radius 2 is 1.38 bits per heavy atom. The van der Waals surface area contributed by atoms with Gasteiger partial charge in [0.1, 0.15) is 0 Å².